The topological polar surface area (TPSA) is 46.6 Å². The number of methoxy groups -OCH3 is 1. The number of hydrogen-bond donors (Lipinski definition) is 0. The van der Waals surface area contributed by atoms with Gasteiger partial charge in [-0.15, -0.1) is 0 Å². The van der Waals surface area contributed by atoms with Gasteiger partial charge < -0.3 is 9.64 Å². The molecule has 0 aliphatic carbocycles. The van der Waals surface area contributed by atoms with Gasteiger partial charge in [-0.25, -0.2) is 0 Å². The van der Waals surface area contributed by atoms with Crippen molar-refractivity contribution in [1.82, 2.24) is 4.90 Å². The molecule has 2 rings (SSSR count). The molecule has 1 aromatic rings. The van der Waals surface area contributed by atoms with Crippen LogP contribution in [0.1, 0.15) is 25.8 Å². The Balaban J connectivity index is 0.000000861. The van der Waals surface area contributed by atoms with Crippen molar-refractivity contribution in [2.45, 2.75) is 26.8 Å². The second-order valence-electron chi connectivity index (χ2n) is 4.18. The first-order valence-electron chi connectivity index (χ1n) is 6.60. The molecule has 0 saturated carbocycles. The SMILES string of the molecule is CC.COC(=O)C1CC(=O)N(Cc2ccccc2)C1. The highest BCUT2D eigenvalue weighted by Gasteiger charge is 2.34. The largest absolute Gasteiger partial charge is 0.469 e. The maximum absolute atomic E-state index is 11.7. The van der Waals surface area contributed by atoms with Gasteiger partial charge in [-0.05, 0) is 5.56 Å². The molecule has 4 heteroatoms. The first kappa shape index (κ1) is 15.2. The van der Waals surface area contributed by atoms with Gasteiger partial charge in [-0.2, -0.15) is 0 Å². The molecule has 4 nitrogen and oxygen atoms in total. The van der Waals surface area contributed by atoms with E-state index in [4.69, 9.17) is 0 Å². The first-order valence-corrected chi connectivity index (χ1v) is 6.60. The average Bonchev–Trinajstić information content (AvgIpc) is 2.83. The molecule has 0 bridgehead atoms. The number of benzene rings is 1. The van der Waals surface area contributed by atoms with Gasteiger partial charge in [0.05, 0.1) is 13.0 Å². The van der Waals surface area contributed by atoms with Crippen LogP contribution in [0.2, 0.25) is 0 Å². The van der Waals surface area contributed by atoms with Crippen molar-refractivity contribution in [3.8, 4) is 0 Å². The Kier molecular flexibility index (Phi) is 6.06. The van der Waals surface area contributed by atoms with Crippen LogP contribution in [-0.2, 0) is 20.9 Å². The number of rotatable bonds is 3. The number of carbonyl (C=O) groups excluding carboxylic acids is 2. The highest BCUT2D eigenvalue weighted by Crippen LogP contribution is 2.20. The van der Waals surface area contributed by atoms with Gasteiger partial charge in [-0.1, -0.05) is 44.2 Å². The minimum atomic E-state index is -0.309. The lowest BCUT2D eigenvalue weighted by molar-refractivity contribution is -0.145. The maximum atomic E-state index is 11.7. The lowest BCUT2D eigenvalue weighted by Crippen LogP contribution is -2.26. The van der Waals surface area contributed by atoms with Crippen LogP contribution in [0.3, 0.4) is 0 Å². The third-order valence-electron chi connectivity index (χ3n) is 2.97. The summed E-state index contributed by atoms with van der Waals surface area (Å²) in [5.74, 6) is -0.589. The van der Waals surface area contributed by atoms with Gasteiger partial charge in [0.15, 0.2) is 0 Å². The van der Waals surface area contributed by atoms with Crippen molar-refractivity contribution in [2.75, 3.05) is 13.7 Å². The summed E-state index contributed by atoms with van der Waals surface area (Å²) >= 11 is 0. The number of carbonyl (C=O) groups is 2. The average molecular weight is 263 g/mol. The molecule has 19 heavy (non-hydrogen) atoms. The van der Waals surface area contributed by atoms with E-state index in [9.17, 15) is 9.59 Å². The molecule has 1 fully saturated rings. The molecule has 104 valence electrons. The van der Waals surface area contributed by atoms with E-state index in [1.807, 2.05) is 44.2 Å². The van der Waals surface area contributed by atoms with E-state index < -0.39 is 0 Å². The zero-order valence-electron chi connectivity index (χ0n) is 11.8. The minimum absolute atomic E-state index is 0.0178. The Morgan fingerprint density at radius 1 is 1.32 bits per heavy atom. The number of ether oxygens (including phenoxy) is 1. The van der Waals surface area contributed by atoms with Crippen LogP contribution in [0.25, 0.3) is 0 Å². The fraction of sp³-hybridized carbons (Fsp3) is 0.467. The third kappa shape index (κ3) is 4.09. The lowest BCUT2D eigenvalue weighted by Gasteiger charge is -2.16. The fourth-order valence-corrected chi connectivity index (χ4v) is 2.05. The summed E-state index contributed by atoms with van der Waals surface area (Å²) in [7, 11) is 1.35. The van der Waals surface area contributed by atoms with Crippen LogP contribution >= 0.6 is 0 Å². The summed E-state index contributed by atoms with van der Waals surface area (Å²) in [4.78, 5) is 24.8. The summed E-state index contributed by atoms with van der Waals surface area (Å²) in [5, 5.41) is 0. The first-order chi connectivity index (χ1) is 9.20. The van der Waals surface area contributed by atoms with Crippen molar-refractivity contribution in [3.63, 3.8) is 0 Å². The highest BCUT2D eigenvalue weighted by atomic mass is 16.5. The molecule has 1 amide bonds. The molecule has 0 aromatic heterocycles. The normalized spacial score (nSPS) is 17.7. The van der Waals surface area contributed by atoms with E-state index in [-0.39, 0.29) is 24.2 Å². The number of esters is 1. The Hall–Kier alpha value is -1.84. The van der Waals surface area contributed by atoms with Crippen LogP contribution in [-0.4, -0.2) is 30.4 Å². The lowest BCUT2D eigenvalue weighted by atomic mass is 10.1. The zero-order valence-corrected chi connectivity index (χ0v) is 11.8. The summed E-state index contributed by atoms with van der Waals surface area (Å²) in [6.07, 6.45) is 0.263. The Labute approximate surface area is 114 Å². The zero-order chi connectivity index (χ0) is 14.3. The predicted octanol–water partition coefficient (Wildman–Crippen LogP) is 2.23. The number of likely N-dealkylation sites (tertiary alicyclic amines) is 1. The molecule has 1 heterocycles. The molecular weight excluding hydrogens is 242 g/mol. The molecule has 0 spiro atoms. The van der Waals surface area contributed by atoms with Crippen molar-refractivity contribution in [3.05, 3.63) is 35.9 Å². The Morgan fingerprint density at radius 3 is 2.53 bits per heavy atom. The molecule has 1 saturated heterocycles. The number of hydrogen-bond acceptors (Lipinski definition) is 3. The van der Waals surface area contributed by atoms with E-state index in [1.54, 1.807) is 4.90 Å². The van der Waals surface area contributed by atoms with Crippen LogP contribution in [0.5, 0.6) is 0 Å². The van der Waals surface area contributed by atoms with Gasteiger partial charge in [0.25, 0.3) is 0 Å². The fourth-order valence-electron chi connectivity index (χ4n) is 2.05. The van der Waals surface area contributed by atoms with E-state index in [1.165, 1.54) is 7.11 Å². The molecule has 1 atom stereocenters. The second kappa shape index (κ2) is 7.56. The van der Waals surface area contributed by atoms with Crippen molar-refractivity contribution >= 4 is 11.9 Å². The Morgan fingerprint density at radius 2 is 1.95 bits per heavy atom. The van der Waals surface area contributed by atoms with Crippen molar-refractivity contribution in [1.29, 1.82) is 0 Å². The van der Waals surface area contributed by atoms with Crippen LogP contribution in [0, 0.1) is 5.92 Å². The minimum Gasteiger partial charge on any atom is -0.469 e. The second-order valence-corrected chi connectivity index (χ2v) is 4.18. The van der Waals surface area contributed by atoms with E-state index >= 15 is 0 Å². The molecular formula is C15H21NO3. The molecule has 0 N–H and O–H groups in total. The van der Waals surface area contributed by atoms with Gasteiger partial charge in [0.1, 0.15) is 0 Å². The van der Waals surface area contributed by atoms with Gasteiger partial charge in [-0.3, -0.25) is 9.59 Å². The Bertz CT molecular complexity index is 417. The molecule has 1 aliphatic heterocycles. The predicted molar refractivity (Wildman–Crippen MR) is 73.3 cm³/mol. The maximum Gasteiger partial charge on any atom is 0.310 e. The van der Waals surface area contributed by atoms with Crippen molar-refractivity contribution < 1.29 is 14.3 Å². The van der Waals surface area contributed by atoms with E-state index in [0.29, 0.717) is 13.1 Å². The molecule has 1 unspecified atom stereocenters. The van der Waals surface area contributed by atoms with E-state index in [0.717, 1.165) is 5.56 Å². The van der Waals surface area contributed by atoms with Crippen LogP contribution < -0.4 is 0 Å². The highest BCUT2D eigenvalue weighted by molar-refractivity contribution is 5.86. The quantitative estimate of drug-likeness (QED) is 0.786. The van der Waals surface area contributed by atoms with Gasteiger partial charge in [0.2, 0.25) is 5.91 Å². The van der Waals surface area contributed by atoms with Crippen molar-refractivity contribution in [2.24, 2.45) is 5.92 Å². The van der Waals surface area contributed by atoms with Gasteiger partial charge >= 0.3 is 5.97 Å². The standard InChI is InChI=1S/C13H15NO3.C2H6/c1-17-13(16)11-7-12(15)14(9-11)8-10-5-3-2-4-6-10;1-2/h2-6,11H,7-9H2,1H3;1-2H3. The summed E-state index contributed by atoms with van der Waals surface area (Å²) in [6.45, 7) is 5.02. The summed E-state index contributed by atoms with van der Waals surface area (Å²) in [5.41, 5.74) is 1.08. The van der Waals surface area contributed by atoms with Crippen LogP contribution in [0.15, 0.2) is 30.3 Å². The summed E-state index contributed by atoms with van der Waals surface area (Å²) < 4.78 is 4.66. The van der Waals surface area contributed by atoms with E-state index in [2.05, 4.69) is 4.74 Å². The summed E-state index contributed by atoms with van der Waals surface area (Å²) in [6, 6.07) is 9.76. The van der Waals surface area contributed by atoms with Crippen LogP contribution in [0.4, 0.5) is 0 Å². The molecule has 1 aromatic carbocycles. The smallest absolute Gasteiger partial charge is 0.310 e. The molecule has 0 radical (unpaired) electrons. The monoisotopic (exact) mass is 263 g/mol. The molecule has 1 aliphatic rings. The number of amides is 1. The third-order valence-corrected chi connectivity index (χ3v) is 2.97. The van der Waals surface area contributed by atoms with Gasteiger partial charge in [0, 0.05) is 19.5 Å². The number of nitrogens with zero attached hydrogens (tertiary/aromatic N) is 1.